The highest BCUT2D eigenvalue weighted by molar-refractivity contribution is 6.30. The summed E-state index contributed by atoms with van der Waals surface area (Å²) in [5.74, 6) is 0. The van der Waals surface area contributed by atoms with Crippen molar-refractivity contribution in [1.29, 1.82) is 0 Å². The van der Waals surface area contributed by atoms with E-state index < -0.39 is 0 Å². The second-order valence-corrected chi connectivity index (χ2v) is 5.19. The number of hydrogen-bond acceptors (Lipinski definition) is 2. The van der Waals surface area contributed by atoms with Crippen LogP contribution in [0.2, 0.25) is 5.02 Å². The van der Waals surface area contributed by atoms with Gasteiger partial charge in [-0.25, -0.2) is 9.20 Å². The molecule has 0 saturated carbocycles. The van der Waals surface area contributed by atoms with Crippen molar-refractivity contribution >= 4 is 28.2 Å². The van der Waals surface area contributed by atoms with Crippen molar-refractivity contribution in [2.45, 2.75) is 0 Å². The maximum absolute atomic E-state index is 12.7. The van der Waals surface area contributed by atoms with Gasteiger partial charge >= 0.3 is 5.69 Å². The normalized spacial score (nSPS) is 11.3. The van der Waals surface area contributed by atoms with Gasteiger partial charge in [-0.2, -0.15) is 4.68 Å². The van der Waals surface area contributed by atoms with E-state index in [-0.39, 0.29) is 5.69 Å². The van der Waals surface area contributed by atoms with Gasteiger partial charge in [0, 0.05) is 5.02 Å². The molecule has 0 unspecified atom stereocenters. The molecular weight excluding hydrogens is 286 g/mol. The van der Waals surface area contributed by atoms with Gasteiger partial charge in [-0.15, -0.1) is 5.10 Å². The van der Waals surface area contributed by atoms with Crippen molar-refractivity contribution in [2.75, 3.05) is 0 Å². The van der Waals surface area contributed by atoms with Crippen LogP contribution in [0.3, 0.4) is 0 Å². The van der Waals surface area contributed by atoms with E-state index in [4.69, 9.17) is 11.6 Å². The van der Waals surface area contributed by atoms with Gasteiger partial charge in [0.25, 0.3) is 0 Å². The number of nitrogens with zero attached hydrogens (tertiary/aromatic N) is 3. The number of para-hydroxylation sites is 1. The molecule has 0 radical (unpaired) electrons. The molecule has 4 aromatic rings. The Labute approximate surface area is 124 Å². The number of halogens is 1. The summed E-state index contributed by atoms with van der Waals surface area (Å²) in [4.78, 5) is 12.7. The van der Waals surface area contributed by atoms with E-state index in [1.807, 2.05) is 36.4 Å². The molecule has 4 nitrogen and oxygen atoms in total. The van der Waals surface area contributed by atoms with Gasteiger partial charge in [-0.05, 0) is 47.9 Å². The summed E-state index contributed by atoms with van der Waals surface area (Å²) in [7, 11) is 0. The highest BCUT2D eigenvalue weighted by Gasteiger charge is 2.10. The first-order valence-electron chi connectivity index (χ1n) is 6.49. The van der Waals surface area contributed by atoms with Crippen LogP contribution in [-0.4, -0.2) is 14.2 Å². The fourth-order valence-electron chi connectivity index (χ4n) is 2.46. The molecule has 21 heavy (non-hydrogen) atoms. The lowest BCUT2D eigenvalue weighted by Crippen LogP contribution is -2.19. The van der Waals surface area contributed by atoms with E-state index in [2.05, 4.69) is 5.10 Å². The highest BCUT2D eigenvalue weighted by atomic mass is 35.5. The van der Waals surface area contributed by atoms with Crippen LogP contribution in [0.4, 0.5) is 0 Å². The van der Waals surface area contributed by atoms with Crippen molar-refractivity contribution in [1.82, 2.24) is 14.2 Å². The van der Waals surface area contributed by atoms with E-state index >= 15 is 0 Å². The molecule has 0 spiro atoms. The Balaban J connectivity index is 2.08. The Morgan fingerprint density at radius 1 is 0.905 bits per heavy atom. The van der Waals surface area contributed by atoms with Gasteiger partial charge in [0.1, 0.15) is 0 Å². The third kappa shape index (κ3) is 1.84. The van der Waals surface area contributed by atoms with E-state index in [0.717, 1.165) is 10.9 Å². The standard InChI is InChI=1S/C16H10ClN3O/c17-12-6-8-13(9-7-12)20-16(21)19-14-4-2-1-3-11(14)5-10-15(19)18-20/h1-10H. The molecule has 0 amide bonds. The number of fused-ring (bicyclic) bond motifs is 3. The minimum absolute atomic E-state index is 0.191. The quantitative estimate of drug-likeness (QED) is 0.540. The fraction of sp³-hybridized carbons (Fsp3) is 0. The second kappa shape index (κ2) is 4.46. The van der Waals surface area contributed by atoms with Gasteiger partial charge in [0.05, 0.1) is 11.2 Å². The topological polar surface area (TPSA) is 39.3 Å². The first-order chi connectivity index (χ1) is 10.2. The van der Waals surface area contributed by atoms with Crippen LogP contribution < -0.4 is 5.69 Å². The number of hydrogen-bond donors (Lipinski definition) is 0. The molecule has 102 valence electrons. The van der Waals surface area contributed by atoms with Crippen LogP contribution in [0.15, 0.2) is 65.5 Å². The lowest BCUT2D eigenvalue weighted by atomic mass is 10.2. The lowest BCUT2D eigenvalue weighted by molar-refractivity contribution is 0.842. The first-order valence-corrected chi connectivity index (χ1v) is 6.87. The smallest absolute Gasteiger partial charge is 0.245 e. The monoisotopic (exact) mass is 295 g/mol. The van der Waals surface area contributed by atoms with Gasteiger partial charge in [0.15, 0.2) is 5.65 Å². The van der Waals surface area contributed by atoms with Crippen LogP contribution in [0, 0.1) is 0 Å². The predicted octanol–water partition coefficient (Wildman–Crippen LogP) is 3.29. The molecule has 5 heteroatoms. The van der Waals surface area contributed by atoms with Crippen LogP contribution >= 0.6 is 11.6 Å². The van der Waals surface area contributed by atoms with Gasteiger partial charge in [0.2, 0.25) is 0 Å². The summed E-state index contributed by atoms with van der Waals surface area (Å²) in [5.41, 5.74) is 1.97. The Hall–Kier alpha value is -2.59. The second-order valence-electron chi connectivity index (χ2n) is 4.76. The SMILES string of the molecule is O=c1n(-c2ccc(Cl)cc2)nc2ccc3ccccc3n12. The van der Waals surface area contributed by atoms with Crippen molar-refractivity contribution < 1.29 is 0 Å². The van der Waals surface area contributed by atoms with Gasteiger partial charge in [-0.1, -0.05) is 29.8 Å². The summed E-state index contributed by atoms with van der Waals surface area (Å²) in [5, 5.41) is 6.01. The summed E-state index contributed by atoms with van der Waals surface area (Å²) in [6, 6.07) is 18.6. The fourth-order valence-corrected chi connectivity index (χ4v) is 2.59. The number of benzene rings is 2. The number of pyridine rings is 1. The zero-order chi connectivity index (χ0) is 14.4. The van der Waals surface area contributed by atoms with Crippen LogP contribution in [0.5, 0.6) is 0 Å². The molecule has 2 aromatic carbocycles. The van der Waals surface area contributed by atoms with Crippen molar-refractivity contribution in [2.24, 2.45) is 0 Å². The summed E-state index contributed by atoms with van der Waals surface area (Å²) in [6.07, 6.45) is 0. The first kappa shape index (κ1) is 12.2. The highest BCUT2D eigenvalue weighted by Crippen LogP contribution is 2.16. The molecule has 0 aliphatic rings. The largest absolute Gasteiger partial charge is 0.355 e. The van der Waals surface area contributed by atoms with Crippen molar-refractivity contribution in [3.63, 3.8) is 0 Å². The third-order valence-corrected chi connectivity index (χ3v) is 3.72. The van der Waals surface area contributed by atoms with Crippen LogP contribution in [-0.2, 0) is 0 Å². The Kier molecular flexibility index (Phi) is 2.59. The summed E-state index contributed by atoms with van der Waals surface area (Å²) < 4.78 is 3.00. The molecule has 0 saturated heterocycles. The minimum atomic E-state index is -0.191. The van der Waals surface area contributed by atoms with Gasteiger partial charge in [-0.3, -0.25) is 0 Å². The Bertz CT molecular complexity index is 1020. The minimum Gasteiger partial charge on any atom is -0.245 e. The molecule has 2 aromatic heterocycles. The Morgan fingerprint density at radius 2 is 1.67 bits per heavy atom. The molecule has 0 bridgehead atoms. The maximum atomic E-state index is 12.7. The molecular formula is C16H10ClN3O. The van der Waals surface area contributed by atoms with E-state index in [1.165, 1.54) is 4.68 Å². The zero-order valence-corrected chi connectivity index (χ0v) is 11.7. The molecule has 0 fully saturated rings. The maximum Gasteiger partial charge on any atom is 0.355 e. The van der Waals surface area contributed by atoms with Gasteiger partial charge < -0.3 is 0 Å². The number of rotatable bonds is 1. The summed E-state index contributed by atoms with van der Waals surface area (Å²) >= 11 is 5.88. The van der Waals surface area contributed by atoms with E-state index in [1.54, 1.807) is 28.7 Å². The molecule has 2 heterocycles. The number of aromatic nitrogens is 3. The average molecular weight is 296 g/mol. The van der Waals surface area contributed by atoms with Crippen LogP contribution in [0.1, 0.15) is 0 Å². The third-order valence-electron chi connectivity index (χ3n) is 3.46. The van der Waals surface area contributed by atoms with Crippen LogP contribution in [0.25, 0.3) is 22.2 Å². The van der Waals surface area contributed by atoms with Crippen molar-refractivity contribution in [3.05, 3.63) is 76.2 Å². The molecule has 0 atom stereocenters. The predicted molar refractivity (Wildman–Crippen MR) is 83.3 cm³/mol. The molecule has 0 N–H and O–H groups in total. The van der Waals surface area contributed by atoms with E-state index in [9.17, 15) is 4.79 Å². The van der Waals surface area contributed by atoms with Crippen molar-refractivity contribution in [3.8, 4) is 5.69 Å². The lowest BCUT2D eigenvalue weighted by Gasteiger charge is -1.99. The average Bonchev–Trinajstić information content (AvgIpc) is 2.86. The zero-order valence-electron chi connectivity index (χ0n) is 10.9. The summed E-state index contributed by atoms with van der Waals surface area (Å²) in [6.45, 7) is 0. The molecule has 0 aliphatic carbocycles. The Morgan fingerprint density at radius 3 is 2.48 bits per heavy atom. The molecule has 0 aliphatic heterocycles. The molecule has 4 rings (SSSR count). The van der Waals surface area contributed by atoms with E-state index in [0.29, 0.717) is 16.4 Å².